The van der Waals surface area contributed by atoms with E-state index in [-0.39, 0.29) is 0 Å². The maximum atomic E-state index is 8.98. The summed E-state index contributed by atoms with van der Waals surface area (Å²) in [6.45, 7) is 0. The lowest BCUT2D eigenvalue weighted by atomic mass is 9.81. The van der Waals surface area contributed by atoms with Crippen molar-refractivity contribution in [1.82, 2.24) is 4.98 Å². The third-order valence-electron chi connectivity index (χ3n) is 2.47. The molecule has 5 heteroatoms. The van der Waals surface area contributed by atoms with Gasteiger partial charge in [0.2, 0.25) is 0 Å². The van der Waals surface area contributed by atoms with Crippen molar-refractivity contribution < 1.29 is 14.8 Å². The van der Waals surface area contributed by atoms with Crippen molar-refractivity contribution in [2.75, 3.05) is 7.11 Å². The van der Waals surface area contributed by atoms with Crippen LogP contribution < -0.4 is 10.2 Å². The molecule has 0 aliphatic rings. The predicted octanol–water partition coefficient (Wildman–Crippen LogP) is 0.437. The quantitative estimate of drug-likeness (QED) is 0.749. The van der Waals surface area contributed by atoms with E-state index >= 15 is 0 Å². The molecule has 0 saturated heterocycles. The summed E-state index contributed by atoms with van der Waals surface area (Å²) < 4.78 is 5.24. The van der Waals surface area contributed by atoms with E-state index in [2.05, 4.69) is 4.98 Å². The molecular formula is C12H12BNO3. The van der Waals surface area contributed by atoms with Gasteiger partial charge in [-0.15, -0.1) is 0 Å². The van der Waals surface area contributed by atoms with Crippen molar-refractivity contribution >= 4 is 12.6 Å². The number of benzene rings is 1. The summed E-state index contributed by atoms with van der Waals surface area (Å²) >= 11 is 0. The van der Waals surface area contributed by atoms with Crippen molar-refractivity contribution in [2.24, 2.45) is 0 Å². The Bertz CT molecular complexity index is 499. The Morgan fingerprint density at radius 2 is 1.88 bits per heavy atom. The summed E-state index contributed by atoms with van der Waals surface area (Å²) in [5, 5.41) is 18.0. The van der Waals surface area contributed by atoms with Crippen molar-refractivity contribution in [3.8, 4) is 17.0 Å². The lowest BCUT2D eigenvalue weighted by Gasteiger charge is -2.07. The van der Waals surface area contributed by atoms with Crippen LogP contribution in [0.2, 0.25) is 0 Å². The second-order valence-electron chi connectivity index (χ2n) is 3.55. The lowest BCUT2D eigenvalue weighted by molar-refractivity contribution is 0.416. The predicted molar refractivity (Wildman–Crippen MR) is 66.1 cm³/mol. The van der Waals surface area contributed by atoms with Gasteiger partial charge in [-0.2, -0.15) is 0 Å². The minimum atomic E-state index is -1.49. The third-order valence-corrected chi connectivity index (χ3v) is 2.47. The summed E-state index contributed by atoms with van der Waals surface area (Å²) in [5.41, 5.74) is 1.96. The van der Waals surface area contributed by atoms with Crippen LogP contribution in [0.3, 0.4) is 0 Å². The largest absolute Gasteiger partial charge is 0.496 e. The van der Waals surface area contributed by atoms with Crippen LogP contribution in [0, 0.1) is 0 Å². The number of nitrogens with zero attached hydrogens (tertiary/aromatic N) is 1. The second kappa shape index (κ2) is 4.99. The summed E-state index contributed by atoms with van der Waals surface area (Å²) in [6.07, 6.45) is 1.44. The Hall–Kier alpha value is -1.85. The summed E-state index contributed by atoms with van der Waals surface area (Å²) in [4.78, 5) is 4.18. The van der Waals surface area contributed by atoms with E-state index in [9.17, 15) is 0 Å². The lowest BCUT2D eigenvalue weighted by Crippen LogP contribution is -2.29. The third kappa shape index (κ3) is 2.46. The average molecular weight is 229 g/mol. The van der Waals surface area contributed by atoms with Gasteiger partial charge in [-0.3, -0.25) is 4.98 Å². The van der Waals surface area contributed by atoms with Crippen LogP contribution in [0.4, 0.5) is 0 Å². The van der Waals surface area contributed by atoms with E-state index in [1.54, 1.807) is 19.2 Å². The van der Waals surface area contributed by atoms with E-state index in [1.165, 1.54) is 6.20 Å². The Labute approximate surface area is 99.7 Å². The number of hydrogen-bond acceptors (Lipinski definition) is 4. The Balaban J connectivity index is 2.40. The molecule has 2 N–H and O–H groups in total. The number of ether oxygens (including phenoxy) is 1. The maximum Gasteiger partial charge on any atom is 0.490 e. The zero-order chi connectivity index (χ0) is 12.3. The van der Waals surface area contributed by atoms with Gasteiger partial charge >= 0.3 is 7.12 Å². The van der Waals surface area contributed by atoms with Gasteiger partial charge < -0.3 is 14.8 Å². The fraction of sp³-hybridized carbons (Fsp3) is 0.0833. The highest BCUT2D eigenvalue weighted by Crippen LogP contribution is 2.27. The monoisotopic (exact) mass is 229 g/mol. The van der Waals surface area contributed by atoms with E-state index in [1.807, 2.05) is 24.3 Å². The molecule has 1 aromatic heterocycles. The Morgan fingerprint density at radius 1 is 1.12 bits per heavy atom. The Morgan fingerprint density at radius 3 is 2.47 bits per heavy atom. The molecule has 0 saturated carbocycles. The molecule has 0 aliphatic heterocycles. The number of methoxy groups -OCH3 is 1. The van der Waals surface area contributed by atoms with Crippen molar-refractivity contribution in [3.05, 3.63) is 42.6 Å². The molecular weight excluding hydrogens is 217 g/mol. The molecule has 1 aromatic carbocycles. The number of pyridine rings is 1. The minimum Gasteiger partial charge on any atom is -0.496 e. The van der Waals surface area contributed by atoms with E-state index < -0.39 is 7.12 Å². The second-order valence-corrected chi connectivity index (χ2v) is 3.55. The highest BCUT2D eigenvalue weighted by atomic mass is 16.5. The van der Waals surface area contributed by atoms with Gasteiger partial charge in [0, 0.05) is 17.2 Å². The van der Waals surface area contributed by atoms with E-state index in [0.29, 0.717) is 5.46 Å². The van der Waals surface area contributed by atoms with Gasteiger partial charge in [-0.1, -0.05) is 18.2 Å². The molecule has 0 aliphatic carbocycles. The van der Waals surface area contributed by atoms with Crippen molar-refractivity contribution in [1.29, 1.82) is 0 Å². The van der Waals surface area contributed by atoms with Crippen LogP contribution in [-0.2, 0) is 0 Å². The van der Waals surface area contributed by atoms with Gasteiger partial charge in [0.15, 0.2) is 0 Å². The van der Waals surface area contributed by atoms with Gasteiger partial charge in [0.05, 0.1) is 12.8 Å². The van der Waals surface area contributed by atoms with Crippen LogP contribution in [0.5, 0.6) is 5.75 Å². The normalized spacial score (nSPS) is 10.1. The van der Waals surface area contributed by atoms with Gasteiger partial charge in [-0.25, -0.2) is 0 Å². The summed E-state index contributed by atoms with van der Waals surface area (Å²) in [5.74, 6) is 0.734. The molecule has 86 valence electrons. The molecule has 1 heterocycles. The van der Waals surface area contributed by atoms with Crippen molar-refractivity contribution in [3.63, 3.8) is 0 Å². The Kier molecular flexibility index (Phi) is 3.42. The molecule has 0 unspecified atom stereocenters. The molecule has 0 spiro atoms. The minimum absolute atomic E-state index is 0.364. The summed E-state index contributed by atoms with van der Waals surface area (Å²) in [7, 11) is 0.110. The fourth-order valence-electron chi connectivity index (χ4n) is 1.57. The van der Waals surface area contributed by atoms with Crippen LogP contribution in [0.1, 0.15) is 0 Å². The first-order valence-electron chi connectivity index (χ1n) is 5.18. The standard InChI is InChI=1S/C12H12BNO3/c1-17-12-5-3-2-4-10(12)11-7-6-9(8-14-11)13(15)16/h2-8,15-16H,1H3. The molecule has 17 heavy (non-hydrogen) atoms. The number of hydrogen-bond donors (Lipinski definition) is 2. The molecule has 4 nitrogen and oxygen atoms in total. The first-order valence-corrected chi connectivity index (χ1v) is 5.18. The number of rotatable bonds is 3. The molecule has 0 radical (unpaired) electrons. The van der Waals surface area contributed by atoms with Crippen LogP contribution in [-0.4, -0.2) is 29.3 Å². The molecule has 0 bridgehead atoms. The molecule has 0 amide bonds. The maximum absolute atomic E-state index is 8.98. The average Bonchev–Trinajstić information content (AvgIpc) is 2.39. The van der Waals surface area contributed by atoms with Crippen molar-refractivity contribution in [2.45, 2.75) is 0 Å². The summed E-state index contributed by atoms with van der Waals surface area (Å²) in [6, 6.07) is 10.9. The van der Waals surface area contributed by atoms with Gasteiger partial charge in [-0.05, 0) is 18.2 Å². The number of para-hydroxylation sites is 1. The van der Waals surface area contributed by atoms with E-state index in [4.69, 9.17) is 14.8 Å². The zero-order valence-corrected chi connectivity index (χ0v) is 9.37. The highest BCUT2D eigenvalue weighted by molar-refractivity contribution is 6.58. The topological polar surface area (TPSA) is 62.6 Å². The van der Waals surface area contributed by atoms with E-state index in [0.717, 1.165) is 17.0 Å². The molecule has 2 rings (SSSR count). The zero-order valence-electron chi connectivity index (χ0n) is 9.37. The van der Waals surface area contributed by atoms with Gasteiger partial charge in [0.25, 0.3) is 0 Å². The van der Waals surface area contributed by atoms with Gasteiger partial charge in [0.1, 0.15) is 5.75 Å². The first kappa shape index (κ1) is 11.6. The molecule has 2 aromatic rings. The molecule has 0 atom stereocenters. The van der Waals surface area contributed by atoms with Crippen LogP contribution in [0.25, 0.3) is 11.3 Å². The SMILES string of the molecule is COc1ccccc1-c1ccc(B(O)O)cn1. The highest BCUT2D eigenvalue weighted by Gasteiger charge is 2.12. The number of aromatic nitrogens is 1. The smallest absolute Gasteiger partial charge is 0.490 e. The van der Waals surface area contributed by atoms with Crippen LogP contribution in [0.15, 0.2) is 42.6 Å². The van der Waals surface area contributed by atoms with Crippen LogP contribution >= 0.6 is 0 Å². The first-order chi connectivity index (χ1) is 8.22. The molecule has 0 fully saturated rings. The fourth-order valence-corrected chi connectivity index (χ4v) is 1.57.